The number of fused-ring (bicyclic) bond motifs is 3. The highest BCUT2D eigenvalue weighted by Crippen LogP contribution is 2.63. The molecule has 0 aromatic carbocycles. The molecule has 0 aliphatic heterocycles. The zero-order valence-corrected chi connectivity index (χ0v) is 27.4. The van der Waals surface area contributed by atoms with Crippen LogP contribution in [0.25, 0.3) is 0 Å². The van der Waals surface area contributed by atoms with Crippen molar-refractivity contribution in [2.24, 2.45) is 46.8 Å². The summed E-state index contributed by atoms with van der Waals surface area (Å²) < 4.78 is 28.3. The summed E-state index contributed by atoms with van der Waals surface area (Å²) in [6, 6.07) is 0. The molecule has 42 heavy (non-hydrogen) atoms. The fraction of sp³-hybridized carbons (Fsp3) is 0.939. The quantitative estimate of drug-likeness (QED) is 0.269. The topological polar surface area (TPSA) is 128 Å². The minimum Gasteiger partial charge on any atom is -0.393 e. The Hall–Kier alpha value is -1.19. The number of H-pyrrole nitrogens is 1. The van der Waals surface area contributed by atoms with Gasteiger partial charge in [0.2, 0.25) is 10.0 Å². The van der Waals surface area contributed by atoms with E-state index < -0.39 is 10.0 Å². The molecule has 4 saturated carbocycles. The number of nitrogens with zero attached hydrogens (tertiary/aromatic N) is 2. The summed E-state index contributed by atoms with van der Waals surface area (Å²) in [6.07, 6.45) is 15.2. The lowest BCUT2D eigenvalue weighted by Crippen LogP contribution is -2.50. The average molecular weight is 607 g/mol. The third-order valence-corrected chi connectivity index (χ3v) is 14.5. The summed E-state index contributed by atoms with van der Waals surface area (Å²) in [7, 11) is -3.45. The van der Waals surface area contributed by atoms with Crippen LogP contribution in [0.2, 0.25) is 0 Å². The number of rotatable bonds is 8. The van der Waals surface area contributed by atoms with Crippen molar-refractivity contribution < 1.29 is 18.6 Å². The van der Waals surface area contributed by atoms with E-state index in [0.29, 0.717) is 48.3 Å². The molecule has 5 rings (SSSR count). The van der Waals surface area contributed by atoms with Crippen LogP contribution in [0.5, 0.6) is 0 Å². The van der Waals surface area contributed by atoms with Gasteiger partial charge in [0.05, 0.1) is 17.5 Å². The van der Waals surface area contributed by atoms with Crippen molar-refractivity contribution in [3.05, 3.63) is 5.82 Å². The molecule has 8 nitrogen and oxygen atoms in total. The molecule has 1 heterocycles. The number of aliphatic hydroxyl groups is 2. The molecule has 0 saturated heterocycles. The van der Waals surface area contributed by atoms with Crippen molar-refractivity contribution in [2.45, 2.75) is 148 Å². The molecule has 240 valence electrons. The molecular formula is C33H58N4O4S. The summed E-state index contributed by atoms with van der Waals surface area (Å²) in [4.78, 5) is 4.51. The maximum atomic E-state index is 12.8. The molecule has 3 unspecified atom stereocenters. The Bertz CT molecular complexity index is 1120. The molecule has 9 heteroatoms. The molecular weight excluding hydrogens is 548 g/mol. The number of aryl methyl sites for hydroxylation is 1. The van der Waals surface area contributed by atoms with Gasteiger partial charge in [-0.1, -0.05) is 53.4 Å². The zero-order valence-electron chi connectivity index (χ0n) is 26.6. The predicted molar refractivity (Wildman–Crippen MR) is 167 cm³/mol. The fourth-order valence-corrected chi connectivity index (χ4v) is 11.6. The van der Waals surface area contributed by atoms with Crippen LogP contribution in [0.3, 0.4) is 0 Å². The highest BCUT2D eigenvalue weighted by molar-refractivity contribution is 7.93. The smallest absolute Gasteiger partial charge is 0.255 e. The van der Waals surface area contributed by atoms with Crippen LogP contribution >= 0.6 is 0 Å². The third-order valence-electron chi connectivity index (χ3n) is 12.7. The molecule has 1 aromatic heterocycles. The van der Waals surface area contributed by atoms with Gasteiger partial charge < -0.3 is 10.2 Å². The van der Waals surface area contributed by atoms with E-state index in [4.69, 9.17) is 0 Å². The molecule has 4 N–H and O–H groups in total. The first-order chi connectivity index (χ1) is 20.0. The molecule has 0 radical (unpaired) electrons. The second-order valence-corrected chi connectivity index (χ2v) is 17.0. The summed E-state index contributed by atoms with van der Waals surface area (Å²) >= 11 is 0. The van der Waals surface area contributed by atoms with E-state index in [0.717, 1.165) is 70.0 Å². The van der Waals surface area contributed by atoms with Crippen LogP contribution in [0, 0.1) is 46.8 Å². The summed E-state index contributed by atoms with van der Waals surface area (Å²) in [5.74, 6) is 4.28. The molecule has 0 amide bonds. The van der Waals surface area contributed by atoms with E-state index >= 15 is 0 Å². The lowest BCUT2D eigenvalue weighted by Gasteiger charge is -2.54. The maximum absolute atomic E-state index is 12.8. The Morgan fingerprint density at radius 2 is 1.76 bits per heavy atom. The van der Waals surface area contributed by atoms with E-state index in [2.05, 4.69) is 47.6 Å². The normalized spacial score (nSPS) is 39.3. The van der Waals surface area contributed by atoms with Crippen molar-refractivity contribution >= 4 is 16.0 Å². The molecule has 0 spiro atoms. The molecule has 0 bridgehead atoms. The first-order valence-corrected chi connectivity index (χ1v) is 18.9. The third kappa shape index (κ3) is 6.73. The summed E-state index contributed by atoms with van der Waals surface area (Å²) in [6.45, 7) is 9.49. The SMILES string of the molecule is CC[C@@H]1CC[C@H](O)CCC(C)[C@H]2CCC3(C)C([C@H](C)CCc4nc(NS(=O)(=O)C5CCCCC5)n[nH]4)CC[C@H]3[C@@H]2[C@@H]1O. The van der Waals surface area contributed by atoms with E-state index in [1.807, 2.05) is 0 Å². The van der Waals surface area contributed by atoms with Crippen molar-refractivity contribution in [3.63, 3.8) is 0 Å². The number of aliphatic hydroxyl groups excluding tert-OH is 2. The standard InChI is InChI=1S/C33H58N4O4S/c1-5-23-13-15-24(38)14-11-21(2)26-19-20-33(4)27(16-17-28(33)30(26)31(23)39)22(3)12-18-29-34-32(36-35-29)37-42(40,41)25-9-7-6-8-10-25/h21-28,30-31,38-39H,5-20H2,1-4H3,(H2,34,35,36,37)/t21?,22-,23-,24-,26-,27?,28+,30-,31-,33?/m1/s1. The lowest BCUT2D eigenvalue weighted by molar-refractivity contribution is -0.100. The Balaban J connectivity index is 1.23. The van der Waals surface area contributed by atoms with Crippen molar-refractivity contribution in [3.8, 4) is 0 Å². The molecule has 1 aromatic rings. The van der Waals surface area contributed by atoms with Gasteiger partial charge in [-0.2, -0.15) is 4.98 Å². The minimum absolute atomic E-state index is 0.173. The van der Waals surface area contributed by atoms with E-state index in [1.165, 1.54) is 25.7 Å². The number of sulfonamides is 1. The number of aromatic nitrogens is 3. The van der Waals surface area contributed by atoms with Gasteiger partial charge in [-0.25, -0.2) is 13.1 Å². The van der Waals surface area contributed by atoms with Crippen LogP contribution in [-0.2, 0) is 16.4 Å². The fourth-order valence-electron chi connectivity index (χ4n) is 10.1. The van der Waals surface area contributed by atoms with Crippen LogP contribution in [-0.4, -0.2) is 51.3 Å². The Kier molecular flexibility index (Phi) is 10.3. The van der Waals surface area contributed by atoms with Crippen LogP contribution < -0.4 is 4.72 Å². The van der Waals surface area contributed by atoms with Crippen molar-refractivity contribution in [1.82, 2.24) is 15.2 Å². The van der Waals surface area contributed by atoms with Crippen molar-refractivity contribution in [1.29, 1.82) is 0 Å². The van der Waals surface area contributed by atoms with E-state index in [-0.39, 0.29) is 34.7 Å². The van der Waals surface area contributed by atoms with Gasteiger partial charge in [0, 0.05) is 6.42 Å². The van der Waals surface area contributed by atoms with E-state index in [1.54, 1.807) is 0 Å². The summed E-state index contributed by atoms with van der Waals surface area (Å²) in [5.41, 5.74) is 0.228. The van der Waals surface area contributed by atoms with Crippen LogP contribution in [0.15, 0.2) is 0 Å². The van der Waals surface area contributed by atoms with Crippen LogP contribution in [0.4, 0.5) is 5.95 Å². The number of hydrogen-bond donors (Lipinski definition) is 4. The van der Waals surface area contributed by atoms with Gasteiger partial charge in [0.15, 0.2) is 0 Å². The second kappa shape index (κ2) is 13.4. The van der Waals surface area contributed by atoms with Gasteiger partial charge in [-0.15, -0.1) is 5.10 Å². The van der Waals surface area contributed by atoms with Gasteiger partial charge in [0.1, 0.15) is 5.82 Å². The molecule has 4 fully saturated rings. The first-order valence-electron chi connectivity index (χ1n) is 17.3. The first kappa shape index (κ1) is 32.2. The molecule has 10 atom stereocenters. The summed E-state index contributed by atoms with van der Waals surface area (Å²) in [5, 5.41) is 29.3. The van der Waals surface area contributed by atoms with Crippen LogP contribution in [0.1, 0.15) is 130 Å². The Morgan fingerprint density at radius 1 is 1.02 bits per heavy atom. The Morgan fingerprint density at radius 3 is 2.50 bits per heavy atom. The Labute approximate surface area is 254 Å². The highest BCUT2D eigenvalue weighted by atomic mass is 32.2. The number of anilines is 1. The van der Waals surface area contributed by atoms with E-state index in [9.17, 15) is 18.6 Å². The number of nitrogens with one attached hydrogen (secondary N) is 2. The van der Waals surface area contributed by atoms with Gasteiger partial charge in [-0.05, 0) is 117 Å². The second-order valence-electron chi connectivity index (χ2n) is 15.0. The zero-order chi connectivity index (χ0) is 30.1. The number of aromatic amines is 1. The molecule has 4 aliphatic carbocycles. The highest BCUT2D eigenvalue weighted by Gasteiger charge is 2.57. The maximum Gasteiger partial charge on any atom is 0.255 e. The monoisotopic (exact) mass is 606 g/mol. The minimum atomic E-state index is -3.45. The van der Waals surface area contributed by atoms with Gasteiger partial charge >= 0.3 is 0 Å². The lowest BCUT2D eigenvalue weighted by atomic mass is 9.52. The molecule has 4 aliphatic rings. The predicted octanol–water partition coefficient (Wildman–Crippen LogP) is 6.46. The largest absolute Gasteiger partial charge is 0.393 e. The van der Waals surface area contributed by atoms with Gasteiger partial charge in [0.25, 0.3) is 5.95 Å². The average Bonchev–Trinajstić information content (AvgIpc) is 3.57. The van der Waals surface area contributed by atoms with Crippen molar-refractivity contribution in [2.75, 3.05) is 4.72 Å². The number of hydrogen-bond acceptors (Lipinski definition) is 6. The van der Waals surface area contributed by atoms with Gasteiger partial charge in [-0.3, -0.25) is 5.10 Å².